The molecule has 3 aliphatic rings. The van der Waals surface area contributed by atoms with Gasteiger partial charge in [-0.15, -0.1) is 0 Å². The Bertz CT molecular complexity index is 704. The second-order valence-electron chi connectivity index (χ2n) is 8.70. The van der Waals surface area contributed by atoms with Gasteiger partial charge in [0.2, 0.25) is 11.8 Å². The van der Waals surface area contributed by atoms with Crippen LogP contribution in [-0.2, 0) is 19.1 Å². The molecule has 5 atom stereocenters. The van der Waals surface area contributed by atoms with Crippen LogP contribution in [0.4, 0.5) is 13.2 Å². The van der Waals surface area contributed by atoms with Gasteiger partial charge in [-0.25, -0.2) is 4.79 Å². The minimum atomic E-state index is -4.70. The summed E-state index contributed by atoms with van der Waals surface area (Å²) < 4.78 is 44.8. The number of halogens is 3. The molecule has 3 fully saturated rings. The number of nitrogens with zero attached hydrogens (tertiary/aromatic N) is 1. The molecule has 1 saturated heterocycles. The lowest BCUT2D eigenvalue weighted by molar-refractivity contribution is -0.193. The van der Waals surface area contributed by atoms with Crippen molar-refractivity contribution in [2.45, 2.75) is 58.0 Å². The van der Waals surface area contributed by atoms with E-state index in [0.717, 1.165) is 4.90 Å². The third-order valence-electron chi connectivity index (χ3n) is 6.87. The zero-order valence-corrected chi connectivity index (χ0v) is 16.2. The standard InChI is InChI=1S/C18H25F3N2O5/c1-8(28-4)11(22-15(27)17(5-6-17)18(19,20)21)13(24)23-7-9-10(16(9,2)3)12(23)14(25)26/h8-12H,5-7H2,1-4H3,(H,22,27)(H,25,26)/t8-,9+,10+,11+,12+/m1/s1. The number of rotatable bonds is 6. The monoisotopic (exact) mass is 406 g/mol. The third kappa shape index (κ3) is 2.96. The number of amides is 2. The lowest BCUT2D eigenvalue weighted by Gasteiger charge is -2.34. The molecule has 0 aromatic heterocycles. The first-order valence-electron chi connectivity index (χ1n) is 9.23. The number of aliphatic carboxylic acids is 1. The van der Waals surface area contributed by atoms with Crippen molar-refractivity contribution >= 4 is 17.8 Å². The van der Waals surface area contributed by atoms with Crippen LogP contribution >= 0.6 is 0 Å². The van der Waals surface area contributed by atoms with Gasteiger partial charge in [0.25, 0.3) is 0 Å². The lowest BCUT2D eigenvalue weighted by atomic mass is 9.99. The van der Waals surface area contributed by atoms with Crippen LogP contribution in [0, 0.1) is 22.7 Å². The van der Waals surface area contributed by atoms with Crippen molar-refractivity contribution in [3.63, 3.8) is 0 Å². The third-order valence-corrected chi connectivity index (χ3v) is 6.87. The van der Waals surface area contributed by atoms with E-state index in [-0.39, 0.29) is 36.6 Å². The van der Waals surface area contributed by atoms with Gasteiger partial charge in [-0.05, 0) is 31.1 Å². The number of alkyl halides is 3. The number of methoxy groups -OCH3 is 1. The van der Waals surface area contributed by atoms with E-state index >= 15 is 0 Å². The molecule has 1 aliphatic heterocycles. The number of hydrogen-bond acceptors (Lipinski definition) is 4. The first-order chi connectivity index (χ1) is 12.8. The number of ether oxygens (including phenoxy) is 1. The van der Waals surface area contributed by atoms with Gasteiger partial charge in [0.15, 0.2) is 0 Å². The van der Waals surface area contributed by atoms with Crippen molar-refractivity contribution in [2.75, 3.05) is 13.7 Å². The Balaban J connectivity index is 1.80. The number of fused-ring (bicyclic) bond motifs is 1. The number of hydrogen-bond donors (Lipinski definition) is 2. The van der Waals surface area contributed by atoms with Gasteiger partial charge in [-0.2, -0.15) is 13.2 Å². The number of carboxylic acids is 1. The predicted octanol–water partition coefficient (Wildman–Crippen LogP) is 1.42. The van der Waals surface area contributed by atoms with E-state index in [4.69, 9.17) is 4.74 Å². The van der Waals surface area contributed by atoms with E-state index in [2.05, 4.69) is 5.32 Å². The Labute approximate surface area is 160 Å². The minimum Gasteiger partial charge on any atom is -0.480 e. The van der Waals surface area contributed by atoms with Gasteiger partial charge in [0, 0.05) is 19.6 Å². The van der Waals surface area contributed by atoms with Crippen LogP contribution in [-0.4, -0.2) is 65.8 Å². The number of carbonyl (C=O) groups is 3. The molecule has 0 spiro atoms. The van der Waals surface area contributed by atoms with Crippen molar-refractivity contribution in [2.24, 2.45) is 22.7 Å². The highest BCUT2D eigenvalue weighted by Crippen LogP contribution is 2.65. The molecule has 28 heavy (non-hydrogen) atoms. The summed E-state index contributed by atoms with van der Waals surface area (Å²) in [5.41, 5.74) is -2.68. The molecule has 3 rings (SSSR count). The van der Waals surface area contributed by atoms with Gasteiger partial charge >= 0.3 is 12.1 Å². The zero-order valence-electron chi connectivity index (χ0n) is 16.2. The average Bonchev–Trinajstić information content (AvgIpc) is 3.43. The van der Waals surface area contributed by atoms with Crippen molar-refractivity contribution in [3.05, 3.63) is 0 Å². The summed E-state index contributed by atoms with van der Waals surface area (Å²) in [4.78, 5) is 38.3. The fourth-order valence-corrected chi connectivity index (χ4v) is 4.53. The summed E-state index contributed by atoms with van der Waals surface area (Å²) in [5, 5.41) is 11.8. The van der Waals surface area contributed by atoms with Crippen molar-refractivity contribution in [1.29, 1.82) is 0 Å². The Morgan fingerprint density at radius 2 is 1.82 bits per heavy atom. The van der Waals surface area contributed by atoms with Crippen LogP contribution in [0.1, 0.15) is 33.6 Å². The highest BCUT2D eigenvalue weighted by Gasteiger charge is 2.71. The molecule has 2 saturated carbocycles. The number of carbonyl (C=O) groups excluding carboxylic acids is 2. The number of carboxylic acid groups (broad SMARTS) is 1. The molecular formula is C18H25F3N2O5. The topological polar surface area (TPSA) is 95.9 Å². The van der Waals surface area contributed by atoms with Gasteiger partial charge in [-0.1, -0.05) is 13.8 Å². The van der Waals surface area contributed by atoms with Crippen molar-refractivity contribution in [3.8, 4) is 0 Å². The summed E-state index contributed by atoms with van der Waals surface area (Å²) in [5.74, 6) is -3.35. The molecule has 2 aliphatic carbocycles. The fourth-order valence-electron chi connectivity index (χ4n) is 4.53. The molecule has 1 heterocycles. The van der Waals surface area contributed by atoms with Crippen LogP contribution in [0.15, 0.2) is 0 Å². The molecule has 10 heteroatoms. The van der Waals surface area contributed by atoms with Crippen molar-refractivity contribution in [1.82, 2.24) is 10.2 Å². The molecule has 0 bridgehead atoms. The maximum absolute atomic E-state index is 13.2. The van der Waals surface area contributed by atoms with Crippen LogP contribution in [0.25, 0.3) is 0 Å². The second kappa shape index (κ2) is 6.33. The second-order valence-corrected chi connectivity index (χ2v) is 8.70. The summed E-state index contributed by atoms with van der Waals surface area (Å²) >= 11 is 0. The Morgan fingerprint density at radius 1 is 1.25 bits per heavy atom. The first kappa shape index (κ1) is 20.9. The van der Waals surface area contributed by atoms with E-state index in [1.807, 2.05) is 13.8 Å². The SMILES string of the molecule is CO[C@H](C)[C@H](NC(=O)C1(C(F)(F)F)CC1)C(=O)N1C[C@H]2[C@@H]([C@H]1C(=O)O)C2(C)C. The van der Waals surface area contributed by atoms with Crippen LogP contribution in [0.3, 0.4) is 0 Å². The average molecular weight is 406 g/mol. The van der Waals surface area contributed by atoms with Crippen LogP contribution < -0.4 is 5.32 Å². The normalized spacial score (nSPS) is 31.5. The van der Waals surface area contributed by atoms with E-state index < -0.39 is 47.6 Å². The summed E-state index contributed by atoms with van der Waals surface area (Å²) in [6.45, 7) is 5.50. The minimum absolute atomic E-state index is 0.0108. The number of likely N-dealkylation sites (tertiary alicyclic amines) is 1. The highest BCUT2D eigenvalue weighted by molar-refractivity contribution is 5.94. The quantitative estimate of drug-likeness (QED) is 0.696. The molecular weight excluding hydrogens is 381 g/mol. The maximum Gasteiger partial charge on any atom is 0.403 e. The first-order valence-corrected chi connectivity index (χ1v) is 9.23. The predicted molar refractivity (Wildman–Crippen MR) is 90.0 cm³/mol. The summed E-state index contributed by atoms with van der Waals surface area (Å²) in [6.07, 6.45) is -6.28. The molecule has 2 amide bonds. The smallest absolute Gasteiger partial charge is 0.403 e. The van der Waals surface area contributed by atoms with E-state index in [1.54, 1.807) is 0 Å². The highest BCUT2D eigenvalue weighted by atomic mass is 19.4. The zero-order chi connectivity index (χ0) is 21.2. The maximum atomic E-state index is 13.2. The number of piperidine rings is 1. The van der Waals surface area contributed by atoms with Gasteiger partial charge in [0.05, 0.1) is 6.10 Å². The molecule has 2 N–H and O–H groups in total. The van der Waals surface area contributed by atoms with Crippen LogP contribution in [0.2, 0.25) is 0 Å². The molecule has 0 aromatic carbocycles. The molecule has 158 valence electrons. The summed E-state index contributed by atoms with van der Waals surface area (Å²) in [6, 6.07) is -2.45. The Kier molecular flexibility index (Phi) is 4.72. The summed E-state index contributed by atoms with van der Waals surface area (Å²) in [7, 11) is 1.27. The fraction of sp³-hybridized carbons (Fsp3) is 0.833. The molecule has 0 unspecified atom stereocenters. The van der Waals surface area contributed by atoms with E-state index in [0.29, 0.717) is 0 Å². The molecule has 0 radical (unpaired) electrons. The lowest BCUT2D eigenvalue weighted by Crippen LogP contribution is -2.59. The van der Waals surface area contributed by atoms with Gasteiger partial charge in [-0.3, -0.25) is 9.59 Å². The van der Waals surface area contributed by atoms with Gasteiger partial charge < -0.3 is 20.1 Å². The number of nitrogens with one attached hydrogen (secondary N) is 1. The van der Waals surface area contributed by atoms with Crippen LogP contribution in [0.5, 0.6) is 0 Å². The van der Waals surface area contributed by atoms with Crippen molar-refractivity contribution < 1.29 is 37.4 Å². The molecule has 7 nitrogen and oxygen atoms in total. The molecule has 0 aromatic rings. The van der Waals surface area contributed by atoms with E-state index in [9.17, 15) is 32.7 Å². The Morgan fingerprint density at radius 3 is 2.25 bits per heavy atom. The van der Waals surface area contributed by atoms with E-state index in [1.165, 1.54) is 14.0 Å². The largest absolute Gasteiger partial charge is 0.480 e. The van der Waals surface area contributed by atoms with Gasteiger partial charge in [0.1, 0.15) is 17.5 Å². The Hall–Kier alpha value is -1.84.